The highest BCUT2D eigenvalue weighted by Crippen LogP contribution is 2.42. The van der Waals surface area contributed by atoms with Gasteiger partial charge in [-0.15, -0.1) is 0 Å². The number of nitrogens with one attached hydrogen (secondary N) is 1. The number of para-hydroxylation sites is 1. The van der Waals surface area contributed by atoms with E-state index in [0.29, 0.717) is 25.4 Å². The normalized spacial score (nSPS) is 14.1. The number of aromatic nitrogens is 1. The fraction of sp³-hybridized carbons (Fsp3) is 0.357. The molecule has 0 bridgehead atoms. The van der Waals surface area contributed by atoms with Crippen LogP contribution in [0.1, 0.15) is 17.3 Å². The van der Waals surface area contributed by atoms with E-state index in [9.17, 15) is 9.69 Å². The average molecular weight is 342 g/mol. The van der Waals surface area contributed by atoms with Gasteiger partial charge in [-0.1, -0.05) is 18.2 Å². The Bertz CT molecular complexity index is 689. The Morgan fingerprint density at radius 2 is 2.18 bits per heavy atom. The molecule has 8 heteroatoms. The molecule has 120 valence electrons. The summed E-state index contributed by atoms with van der Waals surface area (Å²) < 4.78 is 12.1. The van der Waals surface area contributed by atoms with E-state index in [4.69, 9.17) is 20.9 Å². The molecule has 0 aliphatic rings. The highest BCUT2D eigenvalue weighted by atomic mass is 32.5. The molecule has 0 fully saturated rings. The first-order chi connectivity index (χ1) is 10.6. The second-order valence-corrected chi connectivity index (χ2v) is 7.40. The van der Waals surface area contributed by atoms with Gasteiger partial charge in [0.25, 0.3) is 0 Å². The van der Waals surface area contributed by atoms with Gasteiger partial charge < -0.3 is 18.5 Å². The first-order valence-electron chi connectivity index (χ1n) is 6.93. The number of rotatable bonds is 9. The molecule has 2 rings (SSSR count). The van der Waals surface area contributed by atoms with Crippen molar-refractivity contribution in [2.24, 2.45) is 0 Å². The number of fused-ring (bicyclic) bond motifs is 1. The molecule has 1 unspecified atom stereocenters. The van der Waals surface area contributed by atoms with Crippen LogP contribution in [0.25, 0.3) is 10.9 Å². The van der Waals surface area contributed by atoms with Gasteiger partial charge in [0, 0.05) is 29.2 Å². The Balaban J connectivity index is 1.88. The third-order valence-corrected chi connectivity index (χ3v) is 4.78. The molecular weight excluding hydrogens is 323 g/mol. The zero-order valence-electron chi connectivity index (χ0n) is 12.3. The predicted octanol–water partition coefficient (Wildman–Crippen LogP) is 2.27. The summed E-state index contributed by atoms with van der Waals surface area (Å²) in [4.78, 5) is 20.7. The first kappa shape index (κ1) is 17.3. The van der Waals surface area contributed by atoms with Crippen molar-refractivity contribution in [1.82, 2.24) is 9.88 Å². The number of hydrogen-bond donors (Lipinski definition) is 2. The van der Waals surface area contributed by atoms with Crippen molar-refractivity contribution in [1.29, 1.82) is 0 Å². The standard InChI is InChI=1S/C14H19N2O4PS/c1-2-19-21(18,22)20-8-7-15-11-16-9-12(10-17)13-5-3-4-6-14(13)16/h3-6,9-10,15H,2,7-8,11H2,1H3,(H,18,22). The molecule has 1 atom stereocenters. The number of nitrogens with zero attached hydrogens (tertiary/aromatic N) is 1. The van der Waals surface area contributed by atoms with Gasteiger partial charge >= 0.3 is 6.72 Å². The van der Waals surface area contributed by atoms with E-state index in [2.05, 4.69) is 5.32 Å². The van der Waals surface area contributed by atoms with Crippen molar-refractivity contribution in [3.05, 3.63) is 36.0 Å². The van der Waals surface area contributed by atoms with Crippen molar-refractivity contribution < 1.29 is 18.7 Å². The summed E-state index contributed by atoms with van der Waals surface area (Å²) in [6.45, 7) is 0.265. The number of benzene rings is 1. The van der Waals surface area contributed by atoms with Crippen molar-refractivity contribution in [3.63, 3.8) is 0 Å². The van der Waals surface area contributed by atoms with E-state index >= 15 is 0 Å². The molecule has 0 saturated heterocycles. The maximum Gasteiger partial charge on any atom is 0.324 e. The summed E-state index contributed by atoms with van der Waals surface area (Å²) in [6, 6.07) is 7.72. The van der Waals surface area contributed by atoms with Crippen molar-refractivity contribution >= 4 is 35.7 Å². The minimum atomic E-state index is -3.10. The quantitative estimate of drug-likeness (QED) is 0.414. The van der Waals surface area contributed by atoms with Gasteiger partial charge in [0.2, 0.25) is 0 Å². The molecule has 0 saturated carbocycles. The molecule has 1 aromatic carbocycles. The SMILES string of the molecule is CCOP(O)(=S)OCCNCn1cc(C=O)c2ccccc21. The maximum atomic E-state index is 11.1. The van der Waals surface area contributed by atoms with Gasteiger partial charge in [0.15, 0.2) is 6.29 Å². The summed E-state index contributed by atoms with van der Waals surface area (Å²) in [5.74, 6) is 0. The molecule has 0 spiro atoms. The van der Waals surface area contributed by atoms with E-state index in [1.807, 2.05) is 35.0 Å². The van der Waals surface area contributed by atoms with Crippen LogP contribution < -0.4 is 5.32 Å². The number of aldehydes is 1. The van der Waals surface area contributed by atoms with Gasteiger partial charge in [0.1, 0.15) is 0 Å². The Hall–Kier alpha value is -1.08. The van der Waals surface area contributed by atoms with E-state index in [1.165, 1.54) is 0 Å². The molecule has 22 heavy (non-hydrogen) atoms. The number of carbonyl (C=O) groups excluding carboxylic acids is 1. The lowest BCUT2D eigenvalue weighted by molar-refractivity contribution is 0.112. The molecule has 1 heterocycles. The Morgan fingerprint density at radius 1 is 1.41 bits per heavy atom. The van der Waals surface area contributed by atoms with Crippen LogP contribution in [0.5, 0.6) is 0 Å². The minimum Gasteiger partial charge on any atom is -0.333 e. The summed E-state index contributed by atoms with van der Waals surface area (Å²) in [6.07, 6.45) is 2.66. The third-order valence-electron chi connectivity index (χ3n) is 3.05. The summed E-state index contributed by atoms with van der Waals surface area (Å²) in [7, 11) is 0. The molecule has 0 radical (unpaired) electrons. The predicted molar refractivity (Wildman–Crippen MR) is 89.4 cm³/mol. The van der Waals surface area contributed by atoms with E-state index in [1.54, 1.807) is 6.92 Å². The van der Waals surface area contributed by atoms with Crippen molar-refractivity contribution in [2.75, 3.05) is 19.8 Å². The smallest absolute Gasteiger partial charge is 0.324 e. The fourth-order valence-corrected chi connectivity index (χ4v) is 3.40. The van der Waals surface area contributed by atoms with Crippen LogP contribution in [-0.4, -0.2) is 35.5 Å². The van der Waals surface area contributed by atoms with Crippen LogP contribution >= 0.6 is 6.72 Å². The van der Waals surface area contributed by atoms with Crippen LogP contribution in [0, 0.1) is 0 Å². The van der Waals surface area contributed by atoms with E-state index < -0.39 is 6.72 Å². The number of hydrogen-bond acceptors (Lipinski definition) is 5. The molecule has 2 aromatic rings. The van der Waals surface area contributed by atoms with Crippen LogP contribution in [-0.2, 0) is 27.5 Å². The third kappa shape index (κ3) is 4.46. The molecule has 0 aliphatic heterocycles. The largest absolute Gasteiger partial charge is 0.333 e. The van der Waals surface area contributed by atoms with Crippen LogP contribution in [0.15, 0.2) is 30.5 Å². The fourth-order valence-electron chi connectivity index (χ4n) is 2.13. The molecule has 6 nitrogen and oxygen atoms in total. The van der Waals surface area contributed by atoms with Gasteiger partial charge in [-0.05, 0) is 24.8 Å². The van der Waals surface area contributed by atoms with Gasteiger partial charge in [-0.2, -0.15) is 0 Å². The van der Waals surface area contributed by atoms with Gasteiger partial charge in [-0.25, -0.2) is 0 Å². The number of carbonyl (C=O) groups is 1. The highest BCUT2D eigenvalue weighted by Gasteiger charge is 2.13. The van der Waals surface area contributed by atoms with E-state index in [-0.39, 0.29) is 6.61 Å². The summed E-state index contributed by atoms with van der Waals surface area (Å²) in [5, 5.41) is 4.10. The van der Waals surface area contributed by atoms with E-state index in [0.717, 1.165) is 17.2 Å². The zero-order valence-corrected chi connectivity index (χ0v) is 14.0. The summed E-state index contributed by atoms with van der Waals surface area (Å²) in [5.41, 5.74) is 1.65. The van der Waals surface area contributed by atoms with Crippen LogP contribution in [0.4, 0.5) is 0 Å². The lowest BCUT2D eigenvalue weighted by atomic mass is 10.2. The average Bonchev–Trinajstić information content (AvgIpc) is 2.85. The van der Waals surface area contributed by atoms with Crippen LogP contribution in [0.3, 0.4) is 0 Å². The highest BCUT2D eigenvalue weighted by molar-refractivity contribution is 8.07. The molecular formula is C14H19N2O4PS. The van der Waals surface area contributed by atoms with Gasteiger partial charge in [-0.3, -0.25) is 10.1 Å². The Kier molecular flexibility index (Phi) is 6.26. The lowest BCUT2D eigenvalue weighted by Crippen LogP contribution is -2.22. The van der Waals surface area contributed by atoms with Crippen molar-refractivity contribution in [2.45, 2.75) is 13.6 Å². The minimum absolute atomic E-state index is 0.257. The Morgan fingerprint density at radius 3 is 2.91 bits per heavy atom. The molecule has 1 aromatic heterocycles. The second-order valence-electron chi connectivity index (χ2n) is 4.57. The molecule has 0 amide bonds. The summed E-state index contributed by atoms with van der Waals surface area (Å²) >= 11 is 4.82. The first-order valence-corrected chi connectivity index (χ1v) is 9.52. The van der Waals surface area contributed by atoms with Crippen LogP contribution in [0.2, 0.25) is 0 Å². The monoisotopic (exact) mass is 342 g/mol. The lowest BCUT2D eigenvalue weighted by Gasteiger charge is -2.15. The topological polar surface area (TPSA) is 72.7 Å². The van der Waals surface area contributed by atoms with Crippen molar-refractivity contribution in [3.8, 4) is 0 Å². The molecule has 0 aliphatic carbocycles. The second kappa shape index (κ2) is 7.97. The zero-order chi connectivity index (χ0) is 16.0. The van der Waals surface area contributed by atoms with Gasteiger partial charge in [0.05, 0.1) is 19.9 Å². The molecule has 2 N–H and O–H groups in total. The maximum absolute atomic E-state index is 11.1. The Labute approximate surface area is 134 Å².